The van der Waals surface area contributed by atoms with E-state index >= 15 is 0 Å². The Labute approximate surface area is 181 Å². The van der Waals surface area contributed by atoms with Gasteiger partial charge in [0.05, 0.1) is 5.56 Å². The summed E-state index contributed by atoms with van der Waals surface area (Å²) < 4.78 is 28.7. The van der Waals surface area contributed by atoms with Crippen LogP contribution in [0.1, 0.15) is 29.6 Å². The maximum absolute atomic E-state index is 14.4. The number of hydrogen-bond acceptors (Lipinski definition) is 7. The Bertz CT molecular complexity index is 1080. The number of alkyl halides is 2. The van der Waals surface area contributed by atoms with Crippen LogP contribution in [0.25, 0.3) is 10.6 Å². The van der Waals surface area contributed by atoms with Crippen molar-refractivity contribution in [2.24, 2.45) is 11.5 Å². The molecule has 0 bridgehead atoms. The second kappa shape index (κ2) is 8.56. The van der Waals surface area contributed by atoms with Gasteiger partial charge in [0.25, 0.3) is 11.8 Å². The fraction of sp³-hybridized carbons (Fsp3) is 0.286. The maximum atomic E-state index is 14.4. The molecule has 0 radical (unpaired) electrons. The molecule has 1 aliphatic rings. The lowest BCUT2D eigenvalue weighted by molar-refractivity contribution is -0.0511. The van der Waals surface area contributed by atoms with Gasteiger partial charge >= 0.3 is 0 Å². The van der Waals surface area contributed by atoms with Crippen LogP contribution >= 0.6 is 11.3 Å². The number of hydrogen-bond donors (Lipinski definition) is 4. The normalized spacial score (nSPS) is 20.2. The molecule has 2 aromatic heterocycles. The Morgan fingerprint density at radius 3 is 2.81 bits per heavy atom. The standard InChI is InChI=1S/C21H22F2N6OS/c22-21(23)8-2-5-15(24)17(21)28-16-7-6-14(18(25)30)19(29-16)27-13-4-1-3-12(11-13)20-26-9-10-31-20/h1,3-4,6-7,9-11,15,17H,2,5,8,24H2,(H2,25,30)(H2,27,28,29). The number of carbonyl (C=O) groups is 1. The average Bonchev–Trinajstić information content (AvgIpc) is 3.26. The van der Waals surface area contributed by atoms with Crippen molar-refractivity contribution >= 4 is 34.6 Å². The maximum Gasteiger partial charge on any atom is 0.269 e. The quantitative estimate of drug-likeness (QED) is 0.457. The molecule has 10 heteroatoms. The molecule has 1 aromatic carbocycles. The van der Waals surface area contributed by atoms with Crippen molar-refractivity contribution in [1.29, 1.82) is 0 Å². The van der Waals surface area contributed by atoms with E-state index in [1.165, 1.54) is 23.5 Å². The monoisotopic (exact) mass is 444 g/mol. The van der Waals surface area contributed by atoms with E-state index in [2.05, 4.69) is 20.6 Å². The minimum Gasteiger partial charge on any atom is -0.365 e. The van der Waals surface area contributed by atoms with Gasteiger partial charge in [-0.25, -0.2) is 18.7 Å². The molecule has 1 aliphatic carbocycles. The van der Waals surface area contributed by atoms with E-state index in [4.69, 9.17) is 11.5 Å². The second-order valence-electron chi connectivity index (χ2n) is 7.44. The molecule has 162 valence electrons. The lowest BCUT2D eigenvalue weighted by Crippen LogP contribution is -2.55. The second-order valence-corrected chi connectivity index (χ2v) is 8.33. The zero-order valence-electron chi connectivity index (χ0n) is 16.5. The first-order chi connectivity index (χ1) is 14.8. The summed E-state index contributed by atoms with van der Waals surface area (Å²) in [4.78, 5) is 20.5. The molecule has 6 N–H and O–H groups in total. The molecule has 2 heterocycles. The van der Waals surface area contributed by atoms with E-state index in [-0.39, 0.29) is 23.6 Å². The topological polar surface area (TPSA) is 119 Å². The zero-order chi connectivity index (χ0) is 22.0. The molecule has 1 amide bonds. The highest BCUT2D eigenvalue weighted by Gasteiger charge is 2.45. The lowest BCUT2D eigenvalue weighted by Gasteiger charge is -2.36. The fourth-order valence-corrected chi connectivity index (χ4v) is 4.28. The van der Waals surface area contributed by atoms with Crippen molar-refractivity contribution in [2.45, 2.75) is 37.3 Å². The van der Waals surface area contributed by atoms with Crippen molar-refractivity contribution in [2.75, 3.05) is 10.6 Å². The molecular weight excluding hydrogens is 422 g/mol. The number of anilines is 3. The smallest absolute Gasteiger partial charge is 0.269 e. The Kier molecular flexibility index (Phi) is 5.84. The van der Waals surface area contributed by atoms with Gasteiger partial charge in [-0.2, -0.15) is 0 Å². The van der Waals surface area contributed by atoms with Gasteiger partial charge in [-0.05, 0) is 37.1 Å². The number of amides is 1. The van der Waals surface area contributed by atoms with Crippen molar-refractivity contribution in [3.05, 3.63) is 53.5 Å². The molecule has 4 rings (SSSR count). The summed E-state index contributed by atoms with van der Waals surface area (Å²) in [6.45, 7) is 0. The Morgan fingerprint density at radius 1 is 1.26 bits per heavy atom. The number of halogens is 2. The minimum atomic E-state index is -2.95. The minimum absolute atomic E-state index is 0.143. The molecule has 2 unspecified atom stereocenters. The van der Waals surface area contributed by atoms with Crippen LogP contribution in [-0.2, 0) is 0 Å². The summed E-state index contributed by atoms with van der Waals surface area (Å²) in [6, 6.07) is 8.38. The third kappa shape index (κ3) is 4.64. The number of pyridine rings is 1. The number of nitrogens with one attached hydrogen (secondary N) is 2. The van der Waals surface area contributed by atoms with Crippen LogP contribution in [0, 0.1) is 0 Å². The van der Waals surface area contributed by atoms with Crippen LogP contribution < -0.4 is 22.1 Å². The summed E-state index contributed by atoms with van der Waals surface area (Å²) in [5.74, 6) is -3.28. The molecule has 0 saturated heterocycles. The highest BCUT2D eigenvalue weighted by Crippen LogP contribution is 2.35. The number of nitrogens with two attached hydrogens (primary N) is 2. The largest absolute Gasteiger partial charge is 0.365 e. The Morgan fingerprint density at radius 2 is 2.10 bits per heavy atom. The van der Waals surface area contributed by atoms with E-state index in [0.29, 0.717) is 18.5 Å². The van der Waals surface area contributed by atoms with Gasteiger partial charge in [-0.3, -0.25) is 4.79 Å². The molecule has 0 spiro atoms. The molecule has 1 saturated carbocycles. The van der Waals surface area contributed by atoms with E-state index in [9.17, 15) is 13.6 Å². The number of primary amides is 1. The number of carbonyl (C=O) groups excluding carboxylic acids is 1. The first-order valence-corrected chi connectivity index (χ1v) is 10.7. The van der Waals surface area contributed by atoms with Crippen LogP contribution in [0.2, 0.25) is 0 Å². The number of thiazole rings is 1. The summed E-state index contributed by atoms with van der Waals surface area (Å²) in [7, 11) is 0. The summed E-state index contributed by atoms with van der Waals surface area (Å²) in [5.41, 5.74) is 13.1. The first kappa shape index (κ1) is 21.1. The molecule has 1 fully saturated rings. The van der Waals surface area contributed by atoms with Crippen molar-refractivity contribution in [3.63, 3.8) is 0 Å². The number of benzene rings is 1. The van der Waals surface area contributed by atoms with E-state index in [0.717, 1.165) is 10.6 Å². The molecular formula is C21H22F2N6OS. The number of rotatable bonds is 6. The molecule has 0 aliphatic heterocycles. The Hall–Kier alpha value is -3.11. The molecule has 31 heavy (non-hydrogen) atoms. The fourth-order valence-electron chi connectivity index (χ4n) is 3.65. The van der Waals surface area contributed by atoms with Crippen LogP contribution in [0.15, 0.2) is 48.0 Å². The highest BCUT2D eigenvalue weighted by molar-refractivity contribution is 7.13. The first-order valence-electron chi connectivity index (χ1n) is 9.81. The molecule has 7 nitrogen and oxygen atoms in total. The highest BCUT2D eigenvalue weighted by atomic mass is 32.1. The molecule has 2 atom stereocenters. The predicted octanol–water partition coefficient (Wildman–Crippen LogP) is 3.97. The van der Waals surface area contributed by atoms with Crippen molar-refractivity contribution < 1.29 is 13.6 Å². The third-order valence-electron chi connectivity index (χ3n) is 5.20. The number of aromatic nitrogens is 2. The predicted molar refractivity (Wildman–Crippen MR) is 118 cm³/mol. The molecule has 3 aromatic rings. The van der Waals surface area contributed by atoms with Crippen molar-refractivity contribution in [1.82, 2.24) is 9.97 Å². The lowest BCUT2D eigenvalue weighted by atomic mass is 9.87. The van der Waals surface area contributed by atoms with Gasteiger partial charge in [0, 0.05) is 35.3 Å². The van der Waals surface area contributed by atoms with Gasteiger partial charge in [-0.15, -0.1) is 11.3 Å². The summed E-state index contributed by atoms with van der Waals surface area (Å²) in [6.07, 6.45) is 2.37. The average molecular weight is 445 g/mol. The van der Waals surface area contributed by atoms with Gasteiger partial charge < -0.3 is 22.1 Å². The summed E-state index contributed by atoms with van der Waals surface area (Å²) in [5, 5.41) is 8.55. The van der Waals surface area contributed by atoms with Crippen LogP contribution in [0.5, 0.6) is 0 Å². The summed E-state index contributed by atoms with van der Waals surface area (Å²) >= 11 is 1.50. The van der Waals surface area contributed by atoms with Gasteiger partial charge in [0.15, 0.2) is 0 Å². The van der Waals surface area contributed by atoms with Crippen molar-refractivity contribution in [3.8, 4) is 10.6 Å². The van der Waals surface area contributed by atoms with Crippen LogP contribution in [-0.4, -0.2) is 33.9 Å². The Balaban J connectivity index is 1.63. The third-order valence-corrected chi connectivity index (χ3v) is 6.02. The van der Waals surface area contributed by atoms with Gasteiger partial charge in [0.2, 0.25) is 0 Å². The van der Waals surface area contributed by atoms with E-state index in [1.54, 1.807) is 12.3 Å². The zero-order valence-corrected chi connectivity index (χ0v) is 17.3. The number of nitrogens with zero attached hydrogens (tertiary/aromatic N) is 2. The van der Waals surface area contributed by atoms with Gasteiger partial charge in [0.1, 0.15) is 22.7 Å². The van der Waals surface area contributed by atoms with Gasteiger partial charge in [-0.1, -0.05) is 12.1 Å². The van der Waals surface area contributed by atoms with E-state index in [1.807, 2.05) is 23.6 Å². The van der Waals surface area contributed by atoms with Crippen LogP contribution in [0.3, 0.4) is 0 Å². The van der Waals surface area contributed by atoms with Crippen LogP contribution in [0.4, 0.5) is 26.1 Å². The van der Waals surface area contributed by atoms with E-state index < -0.39 is 23.9 Å². The SMILES string of the molecule is NC(=O)c1ccc(NC2C(N)CCCC2(F)F)nc1Nc1cccc(-c2nccs2)c1.